The fraction of sp³-hybridized carbons (Fsp3) is 0.600. The molecule has 2 rings (SSSR count). The molecular formula is C15H24N2O. The van der Waals surface area contributed by atoms with Crippen LogP contribution >= 0.6 is 0 Å². The number of nitrogens with zero attached hydrogens (tertiary/aromatic N) is 1. The molecule has 1 aliphatic rings. The predicted octanol–water partition coefficient (Wildman–Crippen LogP) is 1.62. The zero-order chi connectivity index (χ0) is 12.8. The van der Waals surface area contributed by atoms with Crippen LogP contribution in [-0.4, -0.2) is 41.8 Å². The summed E-state index contributed by atoms with van der Waals surface area (Å²) in [6, 6.07) is 11.4. The van der Waals surface area contributed by atoms with E-state index >= 15 is 0 Å². The lowest BCUT2D eigenvalue weighted by Gasteiger charge is -2.34. The van der Waals surface area contributed by atoms with E-state index in [9.17, 15) is 0 Å². The average molecular weight is 248 g/mol. The van der Waals surface area contributed by atoms with Crippen LogP contribution in [0, 0.1) is 0 Å². The van der Waals surface area contributed by atoms with Gasteiger partial charge >= 0.3 is 0 Å². The summed E-state index contributed by atoms with van der Waals surface area (Å²) in [6.07, 6.45) is 2.46. The summed E-state index contributed by atoms with van der Waals surface area (Å²) in [5.74, 6) is 0. The molecule has 0 saturated carbocycles. The maximum absolute atomic E-state index is 9.09. The molecule has 0 bridgehead atoms. The van der Waals surface area contributed by atoms with Crippen LogP contribution in [0.1, 0.15) is 25.3 Å². The van der Waals surface area contributed by atoms with Gasteiger partial charge in [0, 0.05) is 25.2 Å². The van der Waals surface area contributed by atoms with Crippen molar-refractivity contribution in [2.24, 2.45) is 0 Å². The van der Waals surface area contributed by atoms with Gasteiger partial charge in [-0.1, -0.05) is 30.3 Å². The number of aliphatic hydroxyl groups is 1. The SMILES string of the molecule is CC(CO)NC1CCCN(Cc2ccccc2)C1. The summed E-state index contributed by atoms with van der Waals surface area (Å²) in [5, 5.41) is 12.6. The van der Waals surface area contributed by atoms with Crippen molar-refractivity contribution in [3.8, 4) is 0 Å². The number of rotatable bonds is 5. The van der Waals surface area contributed by atoms with Crippen molar-refractivity contribution < 1.29 is 5.11 Å². The van der Waals surface area contributed by atoms with Crippen LogP contribution in [0.25, 0.3) is 0 Å². The molecule has 0 amide bonds. The van der Waals surface area contributed by atoms with E-state index in [0.717, 1.165) is 13.1 Å². The first-order chi connectivity index (χ1) is 8.78. The van der Waals surface area contributed by atoms with Gasteiger partial charge in [0.05, 0.1) is 6.61 Å². The van der Waals surface area contributed by atoms with Gasteiger partial charge in [-0.25, -0.2) is 0 Å². The van der Waals surface area contributed by atoms with E-state index in [1.807, 2.05) is 6.92 Å². The molecule has 0 spiro atoms. The van der Waals surface area contributed by atoms with E-state index in [0.29, 0.717) is 6.04 Å². The Bertz CT molecular complexity index is 342. The summed E-state index contributed by atoms with van der Waals surface area (Å²) in [4.78, 5) is 2.50. The second kappa shape index (κ2) is 6.88. The molecule has 3 heteroatoms. The molecule has 1 aromatic rings. The Kier molecular flexibility index (Phi) is 5.17. The van der Waals surface area contributed by atoms with Gasteiger partial charge in [0.2, 0.25) is 0 Å². The number of benzene rings is 1. The molecule has 2 unspecified atom stereocenters. The van der Waals surface area contributed by atoms with Crippen molar-refractivity contribution in [2.45, 2.75) is 38.4 Å². The maximum atomic E-state index is 9.09. The van der Waals surface area contributed by atoms with Crippen LogP contribution in [0.5, 0.6) is 0 Å². The highest BCUT2D eigenvalue weighted by molar-refractivity contribution is 5.14. The smallest absolute Gasteiger partial charge is 0.0582 e. The van der Waals surface area contributed by atoms with Gasteiger partial charge in [0.15, 0.2) is 0 Å². The maximum Gasteiger partial charge on any atom is 0.0582 e. The van der Waals surface area contributed by atoms with Gasteiger partial charge in [0.25, 0.3) is 0 Å². The summed E-state index contributed by atoms with van der Waals surface area (Å²) in [5.41, 5.74) is 1.38. The monoisotopic (exact) mass is 248 g/mol. The minimum atomic E-state index is 0.201. The minimum Gasteiger partial charge on any atom is -0.395 e. The second-order valence-electron chi connectivity index (χ2n) is 5.31. The van der Waals surface area contributed by atoms with Gasteiger partial charge in [-0.05, 0) is 31.9 Å². The molecule has 1 saturated heterocycles. The van der Waals surface area contributed by atoms with Crippen molar-refractivity contribution in [1.29, 1.82) is 0 Å². The zero-order valence-electron chi connectivity index (χ0n) is 11.2. The standard InChI is InChI=1S/C15H24N2O/c1-13(12-18)16-15-8-5-9-17(11-15)10-14-6-3-2-4-7-14/h2-4,6-7,13,15-16,18H,5,8-12H2,1H3. The van der Waals surface area contributed by atoms with Gasteiger partial charge < -0.3 is 10.4 Å². The van der Waals surface area contributed by atoms with E-state index in [1.165, 1.54) is 24.9 Å². The number of likely N-dealkylation sites (tertiary alicyclic amines) is 1. The van der Waals surface area contributed by atoms with E-state index in [2.05, 4.69) is 40.5 Å². The van der Waals surface area contributed by atoms with Crippen molar-refractivity contribution in [2.75, 3.05) is 19.7 Å². The highest BCUT2D eigenvalue weighted by Gasteiger charge is 2.20. The topological polar surface area (TPSA) is 35.5 Å². The number of aliphatic hydroxyl groups excluding tert-OH is 1. The van der Waals surface area contributed by atoms with Crippen LogP contribution in [0.2, 0.25) is 0 Å². The van der Waals surface area contributed by atoms with Crippen molar-refractivity contribution in [1.82, 2.24) is 10.2 Å². The molecule has 18 heavy (non-hydrogen) atoms. The molecule has 0 aromatic heterocycles. The lowest BCUT2D eigenvalue weighted by molar-refractivity contribution is 0.162. The van der Waals surface area contributed by atoms with Crippen LogP contribution in [0.15, 0.2) is 30.3 Å². The van der Waals surface area contributed by atoms with Crippen molar-refractivity contribution in [3.63, 3.8) is 0 Å². The molecular weight excluding hydrogens is 224 g/mol. The normalized spacial score (nSPS) is 22.9. The Morgan fingerprint density at radius 2 is 2.17 bits per heavy atom. The Balaban J connectivity index is 1.83. The number of piperidine rings is 1. The number of nitrogens with one attached hydrogen (secondary N) is 1. The minimum absolute atomic E-state index is 0.201. The van der Waals surface area contributed by atoms with E-state index in [1.54, 1.807) is 0 Å². The molecule has 0 aliphatic carbocycles. The first kappa shape index (κ1) is 13.5. The van der Waals surface area contributed by atoms with Gasteiger partial charge in [0.1, 0.15) is 0 Å². The van der Waals surface area contributed by atoms with E-state index in [-0.39, 0.29) is 12.6 Å². The summed E-state index contributed by atoms with van der Waals surface area (Å²) < 4.78 is 0. The third-order valence-electron chi connectivity index (χ3n) is 3.55. The van der Waals surface area contributed by atoms with Crippen molar-refractivity contribution in [3.05, 3.63) is 35.9 Å². The molecule has 1 fully saturated rings. The first-order valence-corrected chi connectivity index (χ1v) is 6.91. The molecule has 1 heterocycles. The summed E-state index contributed by atoms with van der Waals surface area (Å²) >= 11 is 0. The fourth-order valence-corrected chi connectivity index (χ4v) is 2.63. The summed E-state index contributed by atoms with van der Waals surface area (Å²) in [6.45, 7) is 5.55. The quantitative estimate of drug-likeness (QED) is 0.831. The molecule has 3 nitrogen and oxygen atoms in total. The van der Waals surface area contributed by atoms with E-state index < -0.39 is 0 Å². The lowest BCUT2D eigenvalue weighted by Crippen LogP contribution is -2.48. The molecule has 1 aromatic carbocycles. The number of hydrogen-bond acceptors (Lipinski definition) is 3. The van der Waals surface area contributed by atoms with Gasteiger partial charge in [-0.3, -0.25) is 4.90 Å². The third kappa shape index (κ3) is 4.09. The van der Waals surface area contributed by atoms with Crippen LogP contribution < -0.4 is 5.32 Å². The lowest BCUT2D eigenvalue weighted by atomic mass is 10.0. The summed E-state index contributed by atoms with van der Waals surface area (Å²) in [7, 11) is 0. The fourth-order valence-electron chi connectivity index (χ4n) is 2.63. The molecule has 0 radical (unpaired) electrons. The van der Waals surface area contributed by atoms with Crippen LogP contribution in [-0.2, 0) is 6.54 Å². The molecule has 2 N–H and O–H groups in total. The van der Waals surface area contributed by atoms with Crippen LogP contribution in [0.4, 0.5) is 0 Å². The highest BCUT2D eigenvalue weighted by Crippen LogP contribution is 2.14. The average Bonchev–Trinajstić information content (AvgIpc) is 2.40. The van der Waals surface area contributed by atoms with Gasteiger partial charge in [-0.2, -0.15) is 0 Å². The highest BCUT2D eigenvalue weighted by atomic mass is 16.3. The Morgan fingerprint density at radius 3 is 2.89 bits per heavy atom. The Labute approximate surface area is 110 Å². The largest absolute Gasteiger partial charge is 0.395 e. The van der Waals surface area contributed by atoms with E-state index in [4.69, 9.17) is 5.11 Å². The van der Waals surface area contributed by atoms with Crippen molar-refractivity contribution >= 4 is 0 Å². The first-order valence-electron chi connectivity index (χ1n) is 6.91. The second-order valence-corrected chi connectivity index (χ2v) is 5.31. The zero-order valence-corrected chi connectivity index (χ0v) is 11.2. The van der Waals surface area contributed by atoms with Gasteiger partial charge in [-0.15, -0.1) is 0 Å². The molecule has 2 atom stereocenters. The number of hydrogen-bond donors (Lipinski definition) is 2. The molecule has 1 aliphatic heterocycles. The third-order valence-corrected chi connectivity index (χ3v) is 3.55. The Hall–Kier alpha value is -0.900. The molecule has 100 valence electrons. The van der Waals surface area contributed by atoms with Crippen LogP contribution in [0.3, 0.4) is 0 Å². The Morgan fingerprint density at radius 1 is 1.39 bits per heavy atom. The predicted molar refractivity (Wildman–Crippen MR) is 74.4 cm³/mol.